The molecule has 0 aliphatic carbocycles. The van der Waals surface area contributed by atoms with Gasteiger partial charge in [-0.15, -0.1) is 5.10 Å². The largest absolute Gasteiger partial charge is 0.507 e. The second-order valence-corrected chi connectivity index (χ2v) is 35.6. The SMILES string of the molecule is CCCCCCCCN1C(=O)c2cc(Oc3ccc(C(C)(C)C)cc3)c3c4c(Oc5ccc(C(C)(C)C)cc5)cc5c6c(cc(Oc7ccc(C(C)(C)C)cc7)c(c7c(Oc8ccc(C(C)(C)C)cc8)cc(c2c37)C1=O)c64)C(=O)N(CCCCCCCCNC(=O)c1ccc(-n2nc(-c3ccccc3O)nc2-c2ccccc2O)cc1)C5=O. The van der Waals surface area contributed by atoms with E-state index in [0.717, 1.165) is 80.0 Å². The van der Waals surface area contributed by atoms with Gasteiger partial charge in [-0.05, 0) is 185 Å². The fourth-order valence-electron chi connectivity index (χ4n) is 16.3. The zero-order valence-electron chi connectivity index (χ0n) is 69.9. The minimum absolute atomic E-state index is 0.0123. The van der Waals surface area contributed by atoms with Gasteiger partial charge in [0.25, 0.3) is 29.5 Å². The van der Waals surface area contributed by atoms with Crippen molar-refractivity contribution in [2.75, 3.05) is 19.6 Å². The number of para-hydroxylation sites is 2. The Morgan fingerprint density at radius 2 is 0.686 bits per heavy atom. The molecule has 2 aliphatic rings. The summed E-state index contributed by atoms with van der Waals surface area (Å²) in [6, 6.07) is 59.3. The number of ether oxygens (including phenoxy) is 4. The third-order valence-electron chi connectivity index (χ3n) is 23.0. The summed E-state index contributed by atoms with van der Waals surface area (Å²) in [6.45, 7) is 28.7. The number of benzene rings is 12. The van der Waals surface area contributed by atoms with Crippen LogP contribution in [0.2, 0.25) is 0 Å². The number of carbonyl (C=O) groups is 5. The molecule has 0 bridgehead atoms. The van der Waals surface area contributed by atoms with Gasteiger partial charge in [0.1, 0.15) is 57.5 Å². The molecule has 2 aliphatic heterocycles. The van der Waals surface area contributed by atoms with Crippen molar-refractivity contribution in [2.24, 2.45) is 0 Å². The van der Waals surface area contributed by atoms with E-state index in [2.05, 4.69) is 95.3 Å². The molecular formula is C101H104N6O11. The lowest BCUT2D eigenvalue weighted by atomic mass is 9.80. The highest BCUT2D eigenvalue weighted by Gasteiger charge is 2.42. The first kappa shape index (κ1) is 80.8. The molecule has 0 atom stereocenters. The van der Waals surface area contributed by atoms with Crippen LogP contribution in [-0.2, 0) is 21.7 Å². The van der Waals surface area contributed by atoms with Crippen LogP contribution in [0.1, 0.15) is 241 Å². The predicted molar refractivity (Wildman–Crippen MR) is 468 cm³/mol. The molecule has 604 valence electrons. The zero-order valence-corrected chi connectivity index (χ0v) is 69.9. The minimum Gasteiger partial charge on any atom is -0.507 e. The fourth-order valence-corrected chi connectivity index (χ4v) is 16.3. The van der Waals surface area contributed by atoms with Crippen molar-refractivity contribution in [1.29, 1.82) is 0 Å². The van der Waals surface area contributed by atoms with Crippen molar-refractivity contribution >= 4 is 72.6 Å². The number of hydrogen-bond donors (Lipinski definition) is 3. The van der Waals surface area contributed by atoms with Crippen molar-refractivity contribution < 1.29 is 53.1 Å². The van der Waals surface area contributed by atoms with Gasteiger partial charge in [-0.2, -0.15) is 0 Å². The normalized spacial score (nSPS) is 13.3. The van der Waals surface area contributed by atoms with Gasteiger partial charge < -0.3 is 34.5 Å². The van der Waals surface area contributed by atoms with Crippen LogP contribution in [0, 0.1) is 0 Å². The van der Waals surface area contributed by atoms with Crippen LogP contribution in [0.3, 0.4) is 0 Å². The Morgan fingerprint density at radius 3 is 1.03 bits per heavy atom. The van der Waals surface area contributed by atoms with Crippen LogP contribution < -0.4 is 24.3 Å². The molecule has 12 aromatic carbocycles. The number of nitrogens with zero attached hydrogens (tertiary/aromatic N) is 5. The van der Waals surface area contributed by atoms with E-state index >= 15 is 19.2 Å². The number of aromatic hydroxyl groups is 2. The average Bonchev–Trinajstić information content (AvgIpc) is 0.675. The number of amides is 5. The van der Waals surface area contributed by atoms with E-state index in [-0.39, 0.29) is 103 Å². The van der Waals surface area contributed by atoms with Gasteiger partial charge in [0.15, 0.2) is 11.6 Å². The molecule has 17 nitrogen and oxygen atoms in total. The summed E-state index contributed by atoms with van der Waals surface area (Å²) in [5.41, 5.74) is 6.41. The van der Waals surface area contributed by atoms with E-state index in [1.807, 2.05) is 97.1 Å². The number of imide groups is 2. The molecule has 3 heterocycles. The lowest BCUT2D eigenvalue weighted by Crippen LogP contribution is -2.41. The maximum atomic E-state index is 16.1. The van der Waals surface area contributed by atoms with Gasteiger partial charge in [0.05, 0.1) is 39.1 Å². The maximum absolute atomic E-state index is 16.1. The third kappa shape index (κ3) is 16.2. The molecule has 0 unspecified atom stereocenters. The van der Waals surface area contributed by atoms with E-state index in [0.29, 0.717) is 120 Å². The maximum Gasteiger partial charge on any atom is 0.261 e. The number of fused-ring (bicyclic) bond motifs is 2. The number of carbonyl (C=O) groups excluding carboxylic acids is 5. The quantitative estimate of drug-likeness (QED) is 0.0180. The van der Waals surface area contributed by atoms with Crippen molar-refractivity contribution in [3.05, 3.63) is 244 Å². The summed E-state index contributed by atoms with van der Waals surface area (Å²) < 4.78 is 31.0. The number of phenolic OH excluding ortho intramolecular Hbond substituents is 2. The fraction of sp³-hybridized carbons (Fsp3) is 0.317. The van der Waals surface area contributed by atoms with E-state index in [1.165, 1.54) is 9.80 Å². The average molecular weight is 1580 g/mol. The van der Waals surface area contributed by atoms with Gasteiger partial charge in [-0.1, -0.05) is 221 Å². The molecule has 0 saturated carbocycles. The van der Waals surface area contributed by atoms with Crippen molar-refractivity contribution in [3.63, 3.8) is 0 Å². The van der Waals surface area contributed by atoms with Gasteiger partial charge in [0, 0.05) is 68.3 Å². The molecule has 17 heteroatoms. The van der Waals surface area contributed by atoms with E-state index in [1.54, 1.807) is 102 Å². The van der Waals surface area contributed by atoms with E-state index in [4.69, 9.17) is 29.0 Å². The summed E-state index contributed by atoms with van der Waals surface area (Å²) in [4.78, 5) is 84.9. The third-order valence-corrected chi connectivity index (χ3v) is 23.0. The number of rotatable bonds is 28. The lowest BCUT2D eigenvalue weighted by molar-refractivity contribution is 0.0592. The number of phenols is 2. The first-order valence-corrected chi connectivity index (χ1v) is 41.6. The highest BCUT2D eigenvalue weighted by atomic mass is 16.5. The Hall–Kier alpha value is -12.4. The topological polar surface area (TPSA) is 212 Å². The number of aromatic nitrogens is 3. The summed E-state index contributed by atoms with van der Waals surface area (Å²) >= 11 is 0. The van der Waals surface area contributed by atoms with Crippen LogP contribution in [0.5, 0.6) is 57.5 Å². The zero-order chi connectivity index (χ0) is 83.3. The van der Waals surface area contributed by atoms with Crippen LogP contribution in [-0.4, -0.2) is 83.9 Å². The minimum atomic E-state index is -0.503. The number of unbranched alkanes of at least 4 members (excludes halogenated alkanes) is 10. The first-order chi connectivity index (χ1) is 56.4. The summed E-state index contributed by atoms with van der Waals surface area (Å²) in [5, 5.41) is 32.8. The van der Waals surface area contributed by atoms with Crippen molar-refractivity contribution in [1.82, 2.24) is 29.9 Å². The van der Waals surface area contributed by atoms with Crippen LogP contribution in [0.25, 0.3) is 71.6 Å². The molecule has 0 radical (unpaired) electrons. The second-order valence-electron chi connectivity index (χ2n) is 35.6. The van der Waals surface area contributed by atoms with E-state index in [9.17, 15) is 15.0 Å². The van der Waals surface area contributed by atoms with Crippen LogP contribution in [0.4, 0.5) is 0 Å². The van der Waals surface area contributed by atoms with Crippen LogP contribution >= 0.6 is 0 Å². The molecule has 0 fully saturated rings. The Morgan fingerprint density at radius 1 is 0.364 bits per heavy atom. The summed E-state index contributed by atoms with van der Waals surface area (Å²) in [7, 11) is 0. The monoisotopic (exact) mass is 1580 g/mol. The molecular weight excluding hydrogens is 1470 g/mol. The molecule has 118 heavy (non-hydrogen) atoms. The molecule has 0 spiro atoms. The van der Waals surface area contributed by atoms with Crippen molar-refractivity contribution in [3.8, 4) is 86.0 Å². The highest BCUT2D eigenvalue weighted by molar-refractivity contribution is 6.45. The number of nitrogens with one attached hydrogen (secondary N) is 1. The van der Waals surface area contributed by atoms with Gasteiger partial charge >= 0.3 is 0 Å². The summed E-state index contributed by atoms with van der Waals surface area (Å²) in [5.74, 6) is 1.40. The van der Waals surface area contributed by atoms with Gasteiger partial charge in [0.2, 0.25) is 0 Å². The lowest BCUT2D eigenvalue weighted by Gasteiger charge is -2.32. The van der Waals surface area contributed by atoms with Gasteiger partial charge in [-0.25, -0.2) is 9.67 Å². The standard InChI is InChI=1S/C101H104N6O11/c1-14-15-16-17-21-28-55-105-94(111)73-57-79(115-67-46-36-62(37-47-67)98(2,3)4)85-87-81(117-69-50-40-64(41-51-69)100(8,9)10)59-75-84-76(60-82(118-70-52-42-65(43-53-70)101(11,12)13)88(90(84)87)86-80(58-74(95(105)112)83(73)89(85)86)116-68-48-38-63(39-49-68)99(5,6)7)97(114)106(96(75)113)56-29-22-19-18-20-27-54-102-93(110)61-34-44-66(45-35-61)107-92(72-31-24-26-33-78(72)109)103-91(104-107)71-30-23-25-32-77(71)108/h23-26,30-53,57-60,108-109H,14-22,27-29,54-56H2,1-13H3,(H,102,110). The van der Waals surface area contributed by atoms with Crippen molar-refractivity contribution in [2.45, 2.75) is 189 Å². The summed E-state index contributed by atoms with van der Waals surface area (Å²) in [6.07, 6.45) is 10.1. The van der Waals surface area contributed by atoms with Gasteiger partial charge in [-0.3, -0.25) is 33.8 Å². The van der Waals surface area contributed by atoms with Crippen LogP contribution in [0.15, 0.2) is 194 Å². The molecule has 3 N–H and O–H groups in total. The molecule has 5 amide bonds. The molecule has 13 aromatic rings. The Balaban J connectivity index is 0.806. The Kier molecular flexibility index (Phi) is 22.3. The smallest absolute Gasteiger partial charge is 0.261 e. The predicted octanol–water partition coefficient (Wildman–Crippen LogP) is 24.7. The van der Waals surface area contributed by atoms with E-state index < -0.39 is 23.6 Å². The first-order valence-electron chi connectivity index (χ1n) is 41.6. The Labute approximate surface area is 690 Å². The Bertz CT molecular complexity index is 5750. The molecule has 1 aromatic heterocycles. The highest BCUT2D eigenvalue weighted by Crippen LogP contribution is 2.58. The number of hydrogen-bond acceptors (Lipinski definition) is 13. The molecule has 0 saturated heterocycles. The molecule has 15 rings (SSSR count). The second kappa shape index (κ2) is 32.6.